The lowest BCUT2D eigenvalue weighted by atomic mass is 9.96. The van der Waals surface area contributed by atoms with Crippen LogP contribution < -0.4 is 0 Å². The fourth-order valence-electron chi connectivity index (χ4n) is 1.87. The Bertz CT molecular complexity index is 324. The van der Waals surface area contributed by atoms with Gasteiger partial charge in [-0.05, 0) is 26.2 Å². The van der Waals surface area contributed by atoms with Gasteiger partial charge in [0.05, 0.1) is 0 Å². The lowest BCUT2D eigenvalue weighted by molar-refractivity contribution is -0.0583. The maximum Gasteiger partial charge on any atom is 0.226 e. The molecule has 1 heterocycles. The van der Waals surface area contributed by atoms with Gasteiger partial charge in [0.1, 0.15) is 5.60 Å². The van der Waals surface area contributed by atoms with E-state index in [4.69, 9.17) is 20.9 Å². The molecule has 0 N–H and O–H groups in total. The maximum atomic E-state index is 5.82. The first-order chi connectivity index (χ1) is 8.22. The van der Waals surface area contributed by atoms with Gasteiger partial charge in [-0.2, -0.15) is 4.98 Å². The lowest BCUT2D eigenvalue weighted by Gasteiger charge is -2.27. The van der Waals surface area contributed by atoms with Crippen molar-refractivity contribution in [1.82, 2.24) is 10.1 Å². The molecule has 0 spiro atoms. The minimum Gasteiger partial charge on any atom is -0.367 e. The van der Waals surface area contributed by atoms with Crippen LogP contribution >= 0.6 is 11.6 Å². The zero-order valence-corrected chi connectivity index (χ0v) is 11.6. The summed E-state index contributed by atoms with van der Waals surface area (Å²) < 4.78 is 11.0. The molecular weight excluding hydrogens is 240 g/mol. The summed E-state index contributed by atoms with van der Waals surface area (Å²) in [6.45, 7) is 6.78. The zero-order valence-electron chi connectivity index (χ0n) is 10.8. The van der Waals surface area contributed by atoms with Crippen molar-refractivity contribution in [2.75, 3.05) is 12.5 Å². The molecule has 0 amide bonds. The number of hydrogen-bond donors (Lipinski definition) is 0. The van der Waals surface area contributed by atoms with Crippen LogP contribution in [0.4, 0.5) is 0 Å². The van der Waals surface area contributed by atoms with Gasteiger partial charge in [-0.15, -0.1) is 11.6 Å². The Hall–Kier alpha value is -0.610. The Kier molecular flexibility index (Phi) is 5.92. The molecule has 0 saturated heterocycles. The van der Waals surface area contributed by atoms with Crippen molar-refractivity contribution >= 4 is 11.6 Å². The molecule has 1 rings (SSSR count). The van der Waals surface area contributed by atoms with Gasteiger partial charge in [0, 0.05) is 18.9 Å². The third-order valence-electron chi connectivity index (χ3n) is 2.96. The molecule has 0 unspecified atom stereocenters. The molecule has 5 heteroatoms. The van der Waals surface area contributed by atoms with Crippen LogP contribution in [0.1, 0.15) is 51.7 Å². The van der Waals surface area contributed by atoms with E-state index in [1.807, 2.05) is 6.92 Å². The smallest absolute Gasteiger partial charge is 0.226 e. The number of rotatable bonds is 8. The number of ether oxygens (including phenoxy) is 1. The maximum absolute atomic E-state index is 5.82. The lowest BCUT2D eigenvalue weighted by Crippen LogP contribution is -2.29. The van der Waals surface area contributed by atoms with Gasteiger partial charge in [-0.25, -0.2) is 0 Å². The molecule has 1 aromatic heterocycles. The molecule has 0 radical (unpaired) electrons. The molecule has 0 aliphatic heterocycles. The SMILES string of the molecule is CCOC(CC)(CC)c1noc(CCCCl)n1. The van der Waals surface area contributed by atoms with Crippen LogP contribution in [0.25, 0.3) is 0 Å². The quantitative estimate of drug-likeness (QED) is 0.673. The van der Waals surface area contributed by atoms with Crippen molar-refractivity contribution in [2.24, 2.45) is 0 Å². The fraction of sp³-hybridized carbons (Fsp3) is 0.833. The van der Waals surface area contributed by atoms with Crippen molar-refractivity contribution in [3.63, 3.8) is 0 Å². The predicted octanol–water partition coefficient (Wildman–Crippen LogP) is 3.29. The zero-order chi connectivity index (χ0) is 12.7. The van der Waals surface area contributed by atoms with Crippen molar-refractivity contribution < 1.29 is 9.26 Å². The van der Waals surface area contributed by atoms with Gasteiger partial charge in [0.15, 0.2) is 0 Å². The summed E-state index contributed by atoms with van der Waals surface area (Å²) >= 11 is 5.64. The van der Waals surface area contributed by atoms with Crippen molar-refractivity contribution in [1.29, 1.82) is 0 Å². The molecule has 0 saturated carbocycles. The first kappa shape index (κ1) is 14.5. The van der Waals surface area contributed by atoms with Crippen molar-refractivity contribution in [2.45, 2.75) is 52.1 Å². The minimum absolute atomic E-state index is 0.405. The van der Waals surface area contributed by atoms with E-state index in [9.17, 15) is 0 Å². The van der Waals surface area contributed by atoms with Gasteiger partial charge in [-0.3, -0.25) is 0 Å². The third kappa shape index (κ3) is 3.42. The van der Waals surface area contributed by atoms with E-state index < -0.39 is 5.60 Å². The van der Waals surface area contributed by atoms with E-state index in [0.29, 0.717) is 24.2 Å². The predicted molar refractivity (Wildman–Crippen MR) is 67.2 cm³/mol. The third-order valence-corrected chi connectivity index (χ3v) is 3.23. The molecule has 0 aliphatic carbocycles. The Morgan fingerprint density at radius 3 is 2.53 bits per heavy atom. The van der Waals surface area contributed by atoms with Crippen LogP contribution in [0.15, 0.2) is 4.52 Å². The van der Waals surface area contributed by atoms with Crippen LogP contribution in [0.5, 0.6) is 0 Å². The molecule has 4 nitrogen and oxygen atoms in total. The summed E-state index contributed by atoms with van der Waals surface area (Å²) in [7, 11) is 0. The molecule has 0 bridgehead atoms. The number of aromatic nitrogens is 2. The van der Waals surface area contributed by atoms with Gasteiger partial charge in [-0.1, -0.05) is 19.0 Å². The van der Waals surface area contributed by atoms with Crippen molar-refractivity contribution in [3.8, 4) is 0 Å². The average molecular weight is 261 g/mol. The van der Waals surface area contributed by atoms with E-state index >= 15 is 0 Å². The molecule has 98 valence electrons. The monoisotopic (exact) mass is 260 g/mol. The summed E-state index contributed by atoms with van der Waals surface area (Å²) in [4.78, 5) is 4.42. The molecule has 0 atom stereocenters. The van der Waals surface area contributed by atoms with Crippen LogP contribution in [0.3, 0.4) is 0 Å². The van der Waals surface area contributed by atoms with Crippen LogP contribution in [-0.2, 0) is 16.8 Å². The Balaban J connectivity index is 2.83. The Morgan fingerprint density at radius 1 is 1.29 bits per heavy atom. The summed E-state index contributed by atoms with van der Waals surface area (Å²) in [6, 6.07) is 0. The highest BCUT2D eigenvalue weighted by Crippen LogP contribution is 2.30. The van der Waals surface area contributed by atoms with Crippen molar-refractivity contribution in [3.05, 3.63) is 11.7 Å². The summed E-state index contributed by atoms with van der Waals surface area (Å²) in [5.41, 5.74) is -0.405. The number of aryl methyl sites for hydroxylation is 1. The largest absolute Gasteiger partial charge is 0.367 e. The van der Waals surface area contributed by atoms with Gasteiger partial charge in [0.2, 0.25) is 11.7 Å². The molecule has 0 fully saturated rings. The van der Waals surface area contributed by atoms with E-state index in [-0.39, 0.29) is 0 Å². The van der Waals surface area contributed by atoms with Gasteiger partial charge < -0.3 is 9.26 Å². The van der Waals surface area contributed by atoms with Crippen LogP contribution in [0.2, 0.25) is 0 Å². The normalized spacial score (nSPS) is 12.0. The number of nitrogens with zero attached hydrogens (tertiary/aromatic N) is 2. The number of halogens is 1. The second kappa shape index (κ2) is 6.97. The fourth-order valence-corrected chi connectivity index (χ4v) is 2.00. The molecule has 17 heavy (non-hydrogen) atoms. The Morgan fingerprint density at radius 2 is 2.00 bits per heavy atom. The summed E-state index contributed by atoms with van der Waals surface area (Å²) in [5.74, 6) is 1.91. The highest BCUT2D eigenvalue weighted by molar-refractivity contribution is 6.17. The standard InChI is InChI=1S/C12H21ClN2O2/c1-4-12(5-2,16-6-3)11-14-10(17-15-11)8-7-9-13/h4-9H2,1-3H3. The van der Waals surface area contributed by atoms with E-state index in [0.717, 1.165) is 25.7 Å². The van der Waals surface area contributed by atoms with E-state index in [1.54, 1.807) is 0 Å². The number of alkyl halides is 1. The van der Waals surface area contributed by atoms with Gasteiger partial charge >= 0.3 is 0 Å². The highest BCUT2D eigenvalue weighted by Gasteiger charge is 2.34. The Labute approximate surface area is 108 Å². The van der Waals surface area contributed by atoms with Crippen LogP contribution in [-0.4, -0.2) is 22.6 Å². The number of hydrogen-bond acceptors (Lipinski definition) is 4. The minimum atomic E-state index is -0.405. The summed E-state index contributed by atoms with van der Waals surface area (Å²) in [6.07, 6.45) is 3.26. The molecule has 0 aliphatic rings. The first-order valence-corrected chi connectivity index (χ1v) is 6.78. The highest BCUT2D eigenvalue weighted by atomic mass is 35.5. The second-order valence-corrected chi connectivity index (χ2v) is 4.32. The van der Waals surface area contributed by atoms with E-state index in [1.165, 1.54) is 0 Å². The first-order valence-electron chi connectivity index (χ1n) is 6.25. The van der Waals surface area contributed by atoms with E-state index in [2.05, 4.69) is 24.0 Å². The molecule has 0 aromatic carbocycles. The molecular formula is C12H21ClN2O2. The molecule has 1 aromatic rings. The summed E-state index contributed by atoms with van der Waals surface area (Å²) in [5, 5.41) is 4.05. The topological polar surface area (TPSA) is 48.2 Å². The van der Waals surface area contributed by atoms with Crippen LogP contribution in [0, 0.1) is 0 Å². The average Bonchev–Trinajstić information content (AvgIpc) is 2.83. The second-order valence-electron chi connectivity index (χ2n) is 3.94. The van der Waals surface area contributed by atoms with Gasteiger partial charge in [0.25, 0.3) is 0 Å².